The van der Waals surface area contributed by atoms with Crippen LogP contribution in [-0.4, -0.2) is 40.0 Å². The number of H-pyrrole nitrogens is 1. The first-order valence-electron chi connectivity index (χ1n) is 9.71. The molecule has 0 bridgehead atoms. The van der Waals surface area contributed by atoms with Crippen molar-refractivity contribution in [2.75, 3.05) is 13.1 Å². The van der Waals surface area contributed by atoms with Crippen LogP contribution in [0.2, 0.25) is 0 Å². The fourth-order valence-electron chi connectivity index (χ4n) is 3.78. The van der Waals surface area contributed by atoms with Crippen LogP contribution in [0.1, 0.15) is 41.9 Å². The number of amides is 2. The van der Waals surface area contributed by atoms with Gasteiger partial charge in [0, 0.05) is 24.4 Å². The summed E-state index contributed by atoms with van der Waals surface area (Å²) in [6.07, 6.45) is 1.34. The van der Waals surface area contributed by atoms with Crippen molar-refractivity contribution in [1.29, 1.82) is 0 Å². The molecule has 6 nitrogen and oxygen atoms in total. The summed E-state index contributed by atoms with van der Waals surface area (Å²) < 4.78 is 0. The maximum Gasteiger partial charge on any atom is 0.274 e. The van der Waals surface area contributed by atoms with E-state index < -0.39 is 0 Å². The Bertz CT molecular complexity index is 974. The van der Waals surface area contributed by atoms with Crippen LogP contribution in [0.4, 0.5) is 0 Å². The number of hydrogen-bond acceptors (Lipinski definition) is 3. The minimum absolute atomic E-state index is 0.0243. The maximum absolute atomic E-state index is 12.9. The van der Waals surface area contributed by atoms with Gasteiger partial charge in [0.25, 0.3) is 5.91 Å². The summed E-state index contributed by atoms with van der Waals surface area (Å²) in [5.41, 5.74) is 2.40. The third-order valence-corrected chi connectivity index (χ3v) is 5.48. The van der Waals surface area contributed by atoms with E-state index in [1.807, 2.05) is 61.5 Å². The van der Waals surface area contributed by atoms with Crippen LogP contribution in [0.5, 0.6) is 0 Å². The molecule has 4 rings (SSSR count). The number of piperidine rings is 1. The summed E-state index contributed by atoms with van der Waals surface area (Å²) in [5, 5.41) is 11.1. The molecule has 144 valence electrons. The predicted molar refractivity (Wildman–Crippen MR) is 108 cm³/mol. The van der Waals surface area contributed by atoms with Crippen molar-refractivity contribution in [2.45, 2.75) is 25.8 Å². The van der Waals surface area contributed by atoms with Crippen LogP contribution >= 0.6 is 0 Å². The molecule has 1 aromatic heterocycles. The molecular formula is C22H24N4O2. The highest BCUT2D eigenvalue weighted by molar-refractivity contribution is 6.04. The van der Waals surface area contributed by atoms with Gasteiger partial charge in [0.2, 0.25) is 5.91 Å². The van der Waals surface area contributed by atoms with Crippen molar-refractivity contribution in [3.8, 4) is 0 Å². The second-order valence-electron chi connectivity index (χ2n) is 7.33. The molecule has 3 aromatic rings. The van der Waals surface area contributed by atoms with Gasteiger partial charge >= 0.3 is 0 Å². The van der Waals surface area contributed by atoms with E-state index in [9.17, 15) is 9.59 Å². The number of para-hydroxylation sites is 1. The zero-order valence-electron chi connectivity index (χ0n) is 15.9. The summed E-state index contributed by atoms with van der Waals surface area (Å²) in [6.45, 7) is 3.13. The molecule has 1 atom stereocenters. The van der Waals surface area contributed by atoms with Gasteiger partial charge in [0.1, 0.15) is 0 Å². The topological polar surface area (TPSA) is 78.1 Å². The molecule has 2 N–H and O–H groups in total. The van der Waals surface area contributed by atoms with Crippen molar-refractivity contribution in [1.82, 2.24) is 20.4 Å². The quantitative estimate of drug-likeness (QED) is 0.733. The van der Waals surface area contributed by atoms with Gasteiger partial charge in [-0.2, -0.15) is 5.10 Å². The number of benzene rings is 2. The van der Waals surface area contributed by atoms with Crippen LogP contribution in [0.15, 0.2) is 54.6 Å². The summed E-state index contributed by atoms with van der Waals surface area (Å²) in [6, 6.07) is 17.5. The Kier molecular flexibility index (Phi) is 5.10. The standard InChI is InChI=1S/C22H24N4O2/c1-15(16-7-3-2-4-8-16)23-21(27)17-11-13-26(14-12-17)22(28)20-18-9-5-6-10-19(18)24-25-20/h2-10,15,17H,11-14H2,1H3,(H,23,27)(H,24,25). The zero-order chi connectivity index (χ0) is 19.5. The number of aromatic nitrogens is 2. The van der Waals surface area contributed by atoms with E-state index in [-0.39, 0.29) is 23.8 Å². The molecule has 0 saturated carbocycles. The molecule has 2 amide bonds. The summed E-state index contributed by atoms with van der Waals surface area (Å²) in [7, 11) is 0. The minimum Gasteiger partial charge on any atom is -0.349 e. The number of rotatable bonds is 4. The molecule has 1 aliphatic rings. The molecule has 1 fully saturated rings. The molecule has 2 heterocycles. The molecule has 1 saturated heterocycles. The lowest BCUT2D eigenvalue weighted by Crippen LogP contribution is -2.43. The van der Waals surface area contributed by atoms with E-state index >= 15 is 0 Å². The highest BCUT2D eigenvalue weighted by Crippen LogP contribution is 2.23. The summed E-state index contributed by atoms with van der Waals surface area (Å²) >= 11 is 0. The minimum atomic E-state index is -0.0750. The van der Waals surface area contributed by atoms with Crippen LogP contribution in [0.3, 0.4) is 0 Å². The number of aromatic amines is 1. The van der Waals surface area contributed by atoms with E-state index in [2.05, 4.69) is 15.5 Å². The highest BCUT2D eigenvalue weighted by atomic mass is 16.2. The lowest BCUT2D eigenvalue weighted by atomic mass is 9.95. The zero-order valence-corrected chi connectivity index (χ0v) is 15.9. The normalized spacial score (nSPS) is 16.1. The second kappa shape index (κ2) is 7.84. The Labute approximate surface area is 163 Å². The average Bonchev–Trinajstić information content (AvgIpc) is 3.18. The van der Waals surface area contributed by atoms with E-state index in [1.54, 1.807) is 4.90 Å². The average molecular weight is 376 g/mol. The lowest BCUT2D eigenvalue weighted by Gasteiger charge is -2.31. The molecule has 0 radical (unpaired) electrons. The molecule has 28 heavy (non-hydrogen) atoms. The Balaban J connectivity index is 1.35. The highest BCUT2D eigenvalue weighted by Gasteiger charge is 2.30. The van der Waals surface area contributed by atoms with Gasteiger partial charge in [0.15, 0.2) is 5.69 Å². The van der Waals surface area contributed by atoms with Gasteiger partial charge in [-0.15, -0.1) is 0 Å². The maximum atomic E-state index is 12.9. The Hall–Kier alpha value is -3.15. The van der Waals surface area contributed by atoms with Crippen molar-refractivity contribution >= 4 is 22.7 Å². The SMILES string of the molecule is CC(NC(=O)C1CCN(C(=O)c2n[nH]c3ccccc23)CC1)c1ccccc1. The van der Waals surface area contributed by atoms with Crippen molar-refractivity contribution in [3.05, 3.63) is 65.9 Å². The number of fused-ring (bicyclic) bond motifs is 1. The number of carbonyl (C=O) groups is 2. The van der Waals surface area contributed by atoms with Crippen LogP contribution in [0.25, 0.3) is 10.9 Å². The Morgan fingerprint density at radius 2 is 1.75 bits per heavy atom. The number of likely N-dealkylation sites (tertiary alicyclic amines) is 1. The molecule has 2 aromatic carbocycles. The number of nitrogens with zero attached hydrogens (tertiary/aromatic N) is 2. The second-order valence-corrected chi connectivity index (χ2v) is 7.33. The third kappa shape index (κ3) is 3.63. The monoisotopic (exact) mass is 376 g/mol. The first-order chi connectivity index (χ1) is 13.6. The van der Waals surface area contributed by atoms with Crippen molar-refractivity contribution in [2.24, 2.45) is 5.92 Å². The number of carbonyl (C=O) groups excluding carboxylic acids is 2. The van der Waals surface area contributed by atoms with Crippen molar-refractivity contribution < 1.29 is 9.59 Å². The predicted octanol–water partition coefficient (Wildman–Crippen LogP) is 3.29. The molecule has 0 aliphatic carbocycles. The van der Waals surface area contributed by atoms with E-state index in [4.69, 9.17) is 0 Å². The van der Waals surface area contributed by atoms with Gasteiger partial charge in [-0.3, -0.25) is 14.7 Å². The molecule has 0 spiro atoms. The molecule has 1 unspecified atom stereocenters. The first-order valence-corrected chi connectivity index (χ1v) is 9.71. The van der Waals surface area contributed by atoms with Crippen LogP contribution in [0, 0.1) is 5.92 Å². The van der Waals surface area contributed by atoms with E-state index in [0.29, 0.717) is 31.6 Å². The summed E-state index contributed by atoms with van der Waals surface area (Å²) in [4.78, 5) is 27.3. The largest absolute Gasteiger partial charge is 0.349 e. The van der Waals surface area contributed by atoms with E-state index in [1.165, 1.54) is 0 Å². The number of hydrogen-bond donors (Lipinski definition) is 2. The first kappa shape index (κ1) is 18.2. The Morgan fingerprint density at radius 1 is 1.07 bits per heavy atom. The van der Waals surface area contributed by atoms with Gasteiger partial charge in [-0.05, 0) is 31.4 Å². The molecule has 6 heteroatoms. The van der Waals surface area contributed by atoms with Gasteiger partial charge < -0.3 is 10.2 Å². The van der Waals surface area contributed by atoms with Crippen LogP contribution in [-0.2, 0) is 4.79 Å². The van der Waals surface area contributed by atoms with Crippen molar-refractivity contribution in [3.63, 3.8) is 0 Å². The fraction of sp³-hybridized carbons (Fsp3) is 0.318. The van der Waals surface area contributed by atoms with E-state index in [0.717, 1.165) is 16.5 Å². The Morgan fingerprint density at radius 3 is 2.50 bits per heavy atom. The molecule has 1 aliphatic heterocycles. The fourth-order valence-corrected chi connectivity index (χ4v) is 3.78. The van der Waals surface area contributed by atoms with Gasteiger partial charge in [0.05, 0.1) is 11.6 Å². The molecular weight excluding hydrogens is 352 g/mol. The van der Waals surface area contributed by atoms with Crippen LogP contribution < -0.4 is 5.32 Å². The summed E-state index contributed by atoms with van der Waals surface area (Å²) in [5.74, 6) is -0.0752. The lowest BCUT2D eigenvalue weighted by molar-refractivity contribution is -0.127. The third-order valence-electron chi connectivity index (χ3n) is 5.48. The smallest absolute Gasteiger partial charge is 0.274 e. The number of nitrogens with one attached hydrogen (secondary N) is 2. The van der Waals surface area contributed by atoms with Gasteiger partial charge in [-0.1, -0.05) is 48.5 Å². The van der Waals surface area contributed by atoms with Gasteiger partial charge in [-0.25, -0.2) is 0 Å².